The topological polar surface area (TPSA) is 98.3 Å². The molecule has 0 atom stereocenters. The van der Waals surface area contributed by atoms with Crippen molar-refractivity contribution in [3.63, 3.8) is 0 Å². The van der Waals surface area contributed by atoms with Crippen molar-refractivity contribution in [3.8, 4) is 11.5 Å². The molecular formula is C26H33ClFN3O6S2. The highest BCUT2D eigenvalue weighted by atomic mass is 35.5. The average molecular weight is 602 g/mol. The van der Waals surface area contributed by atoms with Crippen LogP contribution in [0.5, 0.6) is 11.5 Å². The van der Waals surface area contributed by atoms with Gasteiger partial charge in [0, 0.05) is 32.6 Å². The van der Waals surface area contributed by atoms with E-state index in [1.807, 2.05) is 0 Å². The molecular weight excluding hydrogens is 569 g/mol. The Morgan fingerprint density at radius 3 is 2.41 bits per heavy atom. The molecule has 1 fully saturated rings. The van der Waals surface area contributed by atoms with E-state index in [0.717, 1.165) is 42.9 Å². The molecule has 0 radical (unpaired) electrons. The molecule has 0 aliphatic carbocycles. The van der Waals surface area contributed by atoms with E-state index < -0.39 is 15.7 Å². The fourth-order valence-corrected chi connectivity index (χ4v) is 6.73. The SMILES string of the molecule is COc1ccc(OC)c2sc(N(CCCN3CCOCC3)C(=O)CCCS(=O)(=O)c3ccc(F)cc3)nc12.Cl. The summed E-state index contributed by atoms with van der Waals surface area (Å²) in [5.41, 5.74) is 0.608. The summed E-state index contributed by atoms with van der Waals surface area (Å²) < 4.78 is 55.7. The number of carbonyl (C=O) groups is 1. The number of methoxy groups -OCH3 is 2. The van der Waals surface area contributed by atoms with Crippen molar-refractivity contribution in [1.82, 2.24) is 9.88 Å². The maximum atomic E-state index is 13.4. The molecule has 4 rings (SSSR count). The molecule has 1 aliphatic rings. The highest BCUT2D eigenvalue weighted by molar-refractivity contribution is 7.91. The lowest BCUT2D eigenvalue weighted by atomic mass is 10.2. The van der Waals surface area contributed by atoms with E-state index in [9.17, 15) is 17.6 Å². The Morgan fingerprint density at radius 1 is 1.08 bits per heavy atom. The maximum absolute atomic E-state index is 13.4. The normalized spacial score (nSPS) is 14.1. The van der Waals surface area contributed by atoms with Crippen LogP contribution in [-0.4, -0.2) is 83.6 Å². The lowest BCUT2D eigenvalue weighted by molar-refractivity contribution is -0.118. The monoisotopic (exact) mass is 601 g/mol. The standard InChI is InChI=1S/C26H32FN3O6S2.ClH/c1-34-21-10-11-22(35-2)25-24(21)28-26(37-25)30(13-4-12-29-14-16-36-17-15-29)23(31)5-3-18-38(32,33)20-8-6-19(27)7-9-20;/h6-11H,3-5,12-18H2,1-2H3;1H. The molecule has 214 valence electrons. The zero-order valence-electron chi connectivity index (χ0n) is 21.9. The smallest absolute Gasteiger partial charge is 0.228 e. The first-order valence-electron chi connectivity index (χ1n) is 12.4. The first-order valence-corrected chi connectivity index (χ1v) is 14.9. The second-order valence-corrected chi connectivity index (χ2v) is 12.0. The third-order valence-corrected chi connectivity index (χ3v) is 9.28. The summed E-state index contributed by atoms with van der Waals surface area (Å²) in [6.45, 7) is 4.34. The molecule has 3 aromatic rings. The number of aromatic nitrogens is 1. The van der Waals surface area contributed by atoms with Gasteiger partial charge in [0.1, 0.15) is 27.5 Å². The number of hydrogen-bond acceptors (Lipinski definition) is 9. The third-order valence-electron chi connectivity index (χ3n) is 6.37. The van der Waals surface area contributed by atoms with Crippen LogP contribution in [0.25, 0.3) is 10.2 Å². The van der Waals surface area contributed by atoms with E-state index in [0.29, 0.717) is 41.9 Å². The van der Waals surface area contributed by atoms with Gasteiger partial charge in [-0.15, -0.1) is 12.4 Å². The van der Waals surface area contributed by atoms with Gasteiger partial charge in [-0.25, -0.2) is 17.8 Å². The molecule has 1 amide bonds. The van der Waals surface area contributed by atoms with Crippen molar-refractivity contribution in [2.24, 2.45) is 0 Å². The van der Waals surface area contributed by atoms with Gasteiger partial charge in [0.15, 0.2) is 15.0 Å². The molecule has 0 N–H and O–H groups in total. The predicted octanol–water partition coefficient (Wildman–Crippen LogP) is 4.18. The number of nitrogens with zero attached hydrogens (tertiary/aromatic N) is 3. The lowest BCUT2D eigenvalue weighted by Gasteiger charge is -2.27. The van der Waals surface area contributed by atoms with Crippen LogP contribution >= 0.6 is 23.7 Å². The average Bonchev–Trinajstić information content (AvgIpc) is 3.36. The van der Waals surface area contributed by atoms with Gasteiger partial charge in [-0.1, -0.05) is 11.3 Å². The Balaban J connectivity index is 0.00000420. The summed E-state index contributed by atoms with van der Waals surface area (Å²) in [5.74, 6) is 0.285. The number of ether oxygens (including phenoxy) is 3. The number of benzene rings is 2. The molecule has 2 heterocycles. The lowest BCUT2D eigenvalue weighted by Crippen LogP contribution is -2.39. The minimum absolute atomic E-state index is 0. The zero-order chi connectivity index (χ0) is 27.1. The van der Waals surface area contributed by atoms with Crippen molar-refractivity contribution in [2.75, 3.05) is 64.3 Å². The molecule has 13 heteroatoms. The van der Waals surface area contributed by atoms with E-state index in [-0.39, 0.29) is 41.8 Å². The minimum atomic E-state index is -3.64. The van der Waals surface area contributed by atoms with Crippen molar-refractivity contribution >= 4 is 54.8 Å². The molecule has 1 aliphatic heterocycles. The number of carbonyl (C=O) groups excluding carboxylic acids is 1. The number of anilines is 1. The van der Waals surface area contributed by atoms with E-state index >= 15 is 0 Å². The quantitative estimate of drug-likeness (QED) is 0.285. The number of rotatable bonds is 12. The maximum Gasteiger partial charge on any atom is 0.228 e. The van der Waals surface area contributed by atoms with Crippen LogP contribution in [0.15, 0.2) is 41.3 Å². The number of morpholine rings is 1. The first-order chi connectivity index (χ1) is 18.3. The summed E-state index contributed by atoms with van der Waals surface area (Å²) >= 11 is 1.34. The first kappa shape index (κ1) is 31.0. The van der Waals surface area contributed by atoms with Crippen LogP contribution in [0.1, 0.15) is 19.3 Å². The van der Waals surface area contributed by atoms with E-state index in [4.69, 9.17) is 19.2 Å². The summed E-state index contributed by atoms with van der Waals surface area (Å²) in [6.07, 6.45) is 0.891. The van der Waals surface area contributed by atoms with Crippen LogP contribution in [0, 0.1) is 5.82 Å². The highest BCUT2D eigenvalue weighted by Gasteiger charge is 2.24. The van der Waals surface area contributed by atoms with Crippen LogP contribution in [-0.2, 0) is 19.4 Å². The number of sulfone groups is 1. The van der Waals surface area contributed by atoms with Gasteiger partial charge in [0.2, 0.25) is 5.91 Å². The third kappa shape index (κ3) is 7.79. The summed E-state index contributed by atoms with van der Waals surface area (Å²) in [7, 11) is -0.496. The summed E-state index contributed by atoms with van der Waals surface area (Å²) in [6, 6.07) is 8.29. The number of halogens is 2. The van der Waals surface area contributed by atoms with Gasteiger partial charge in [-0.05, 0) is 49.2 Å². The Labute approximate surface area is 238 Å². The van der Waals surface area contributed by atoms with Gasteiger partial charge < -0.3 is 14.2 Å². The molecule has 2 aromatic carbocycles. The van der Waals surface area contributed by atoms with Crippen molar-refractivity contribution < 1.29 is 31.8 Å². The minimum Gasteiger partial charge on any atom is -0.495 e. The van der Waals surface area contributed by atoms with Gasteiger partial charge in [0.05, 0.1) is 38.1 Å². The van der Waals surface area contributed by atoms with Crippen LogP contribution in [0.2, 0.25) is 0 Å². The largest absolute Gasteiger partial charge is 0.495 e. The molecule has 1 saturated heterocycles. The Bertz CT molecular complexity index is 1310. The van der Waals surface area contributed by atoms with E-state index in [1.165, 1.54) is 23.5 Å². The van der Waals surface area contributed by atoms with Crippen LogP contribution < -0.4 is 14.4 Å². The van der Waals surface area contributed by atoms with Gasteiger partial charge >= 0.3 is 0 Å². The van der Waals surface area contributed by atoms with E-state index in [2.05, 4.69) is 4.90 Å². The molecule has 0 bridgehead atoms. The predicted molar refractivity (Wildman–Crippen MR) is 152 cm³/mol. The van der Waals surface area contributed by atoms with Crippen molar-refractivity contribution in [3.05, 3.63) is 42.2 Å². The van der Waals surface area contributed by atoms with Crippen molar-refractivity contribution in [1.29, 1.82) is 0 Å². The number of fused-ring (bicyclic) bond motifs is 1. The van der Waals surface area contributed by atoms with Crippen LogP contribution in [0.3, 0.4) is 0 Å². The van der Waals surface area contributed by atoms with E-state index in [1.54, 1.807) is 31.3 Å². The molecule has 1 aromatic heterocycles. The Morgan fingerprint density at radius 2 is 1.74 bits per heavy atom. The highest BCUT2D eigenvalue weighted by Crippen LogP contribution is 2.40. The fraction of sp³-hybridized carbons (Fsp3) is 0.462. The Hall–Kier alpha value is -2.51. The second kappa shape index (κ2) is 14.2. The Kier molecular flexibility index (Phi) is 11.3. The molecule has 39 heavy (non-hydrogen) atoms. The molecule has 0 saturated carbocycles. The van der Waals surface area contributed by atoms with Gasteiger partial charge in [-0.3, -0.25) is 14.6 Å². The molecule has 9 nitrogen and oxygen atoms in total. The van der Waals surface area contributed by atoms with Crippen LogP contribution in [0.4, 0.5) is 9.52 Å². The number of amides is 1. The fourth-order valence-electron chi connectivity index (χ4n) is 4.30. The van der Waals surface area contributed by atoms with Crippen molar-refractivity contribution in [2.45, 2.75) is 24.2 Å². The molecule has 0 spiro atoms. The summed E-state index contributed by atoms with van der Waals surface area (Å²) in [5, 5.41) is 0.510. The van der Waals surface area contributed by atoms with Gasteiger partial charge in [0.25, 0.3) is 0 Å². The van der Waals surface area contributed by atoms with Gasteiger partial charge in [-0.2, -0.15) is 0 Å². The second-order valence-electron chi connectivity index (χ2n) is 8.87. The molecule has 0 unspecified atom stereocenters. The number of thiazole rings is 1. The summed E-state index contributed by atoms with van der Waals surface area (Å²) in [4.78, 5) is 22.1. The number of hydrogen-bond donors (Lipinski definition) is 0. The zero-order valence-corrected chi connectivity index (χ0v) is 24.4.